The number of nitrogens with zero attached hydrogens (tertiary/aromatic N) is 2. The number of hydrogen-bond donors (Lipinski definition) is 4. The molecular weight excluding hydrogens is 278 g/mol. The fraction of sp³-hybridized carbons (Fsp3) is 0.750. The summed E-state index contributed by atoms with van der Waals surface area (Å²) in [6.45, 7) is 4.63. The molecule has 0 aromatic carbocycles. The Kier molecular flexibility index (Phi) is 6.71. The Bertz CT molecular complexity index is 432. The third-order valence-electron chi connectivity index (χ3n) is 4.50. The minimum atomic E-state index is 0.219. The second-order valence-corrected chi connectivity index (χ2v) is 6.16. The van der Waals surface area contributed by atoms with Gasteiger partial charge < -0.3 is 15.7 Å². The topological polar surface area (TPSA) is 85.3 Å². The summed E-state index contributed by atoms with van der Waals surface area (Å²) in [6, 6.07) is 1.93. The number of aromatic nitrogens is 2. The van der Waals surface area contributed by atoms with Crippen molar-refractivity contribution in [1.82, 2.24) is 20.8 Å². The first kappa shape index (κ1) is 16.8. The number of aliphatic imine (C=N–C) groups is 1. The molecule has 124 valence electrons. The van der Waals surface area contributed by atoms with Gasteiger partial charge in [-0.2, -0.15) is 5.10 Å². The maximum absolute atomic E-state index is 9.40. The average Bonchev–Trinajstić information content (AvgIpc) is 3.05. The fourth-order valence-electron chi connectivity index (χ4n) is 3.20. The molecule has 1 aromatic rings. The summed E-state index contributed by atoms with van der Waals surface area (Å²) in [4.78, 5) is 4.59. The average molecular weight is 307 g/mol. The first-order valence-corrected chi connectivity index (χ1v) is 8.39. The Balaban J connectivity index is 1.92. The fourth-order valence-corrected chi connectivity index (χ4v) is 3.20. The quantitative estimate of drug-likeness (QED) is 0.457. The number of nitrogens with one attached hydrogen (secondary N) is 3. The zero-order valence-electron chi connectivity index (χ0n) is 13.6. The summed E-state index contributed by atoms with van der Waals surface area (Å²) < 4.78 is 0. The lowest BCUT2D eigenvalue weighted by molar-refractivity contribution is 0.131. The normalized spacial score (nSPS) is 18.2. The highest BCUT2D eigenvalue weighted by Gasteiger charge is 2.31. The molecule has 0 bridgehead atoms. The molecule has 1 saturated carbocycles. The van der Waals surface area contributed by atoms with Crippen molar-refractivity contribution < 1.29 is 5.11 Å². The Labute approximate surface area is 132 Å². The van der Waals surface area contributed by atoms with E-state index in [0.29, 0.717) is 6.54 Å². The van der Waals surface area contributed by atoms with E-state index in [2.05, 4.69) is 32.7 Å². The second kappa shape index (κ2) is 8.78. The number of aliphatic hydroxyl groups is 1. The van der Waals surface area contributed by atoms with Gasteiger partial charge in [-0.05, 0) is 37.7 Å². The molecule has 1 heterocycles. The first-order chi connectivity index (χ1) is 10.8. The minimum absolute atomic E-state index is 0.219. The Morgan fingerprint density at radius 3 is 2.82 bits per heavy atom. The lowest BCUT2D eigenvalue weighted by atomic mass is 9.72. The summed E-state index contributed by atoms with van der Waals surface area (Å²) in [6.07, 6.45) is 8.86. The van der Waals surface area contributed by atoms with Gasteiger partial charge in [0.1, 0.15) is 0 Å². The lowest BCUT2D eigenvalue weighted by Crippen LogP contribution is -2.44. The van der Waals surface area contributed by atoms with E-state index in [1.807, 2.05) is 6.07 Å². The van der Waals surface area contributed by atoms with Gasteiger partial charge in [0.25, 0.3) is 0 Å². The summed E-state index contributed by atoms with van der Waals surface area (Å²) in [5.74, 6) is 0.833. The third kappa shape index (κ3) is 5.02. The molecule has 0 saturated heterocycles. The predicted octanol–water partition coefficient (Wildman–Crippen LogP) is 1.80. The van der Waals surface area contributed by atoms with Crippen molar-refractivity contribution in [2.24, 2.45) is 10.4 Å². The van der Waals surface area contributed by atoms with E-state index >= 15 is 0 Å². The third-order valence-corrected chi connectivity index (χ3v) is 4.50. The Morgan fingerprint density at radius 2 is 2.18 bits per heavy atom. The molecule has 1 aromatic heterocycles. The molecule has 6 heteroatoms. The molecule has 1 aliphatic rings. The maximum atomic E-state index is 9.40. The van der Waals surface area contributed by atoms with Crippen molar-refractivity contribution >= 4 is 5.96 Å². The van der Waals surface area contributed by atoms with E-state index in [1.165, 1.54) is 32.1 Å². The van der Waals surface area contributed by atoms with Crippen LogP contribution in [-0.2, 0) is 6.54 Å². The van der Waals surface area contributed by atoms with Crippen molar-refractivity contribution in [1.29, 1.82) is 0 Å². The van der Waals surface area contributed by atoms with Gasteiger partial charge in [0, 0.05) is 25.9 Å². The van der Waals surface area contributed by atoms with Crippen LogP contribution in [0.15, 0.2) is 17.3 Å². The number of aromatic amines is 1. The molecule has 6 nitrogen and oxygen atoms in total. The summed E-state index contributed by atoms with van der Waals surface area (Å²) in [7, 11) is 0. The standard InChI is InChI=1S/C16H29N5O/c1-2-17-15(18-12-14-6-10-20-21-14)19-13-16(9-11-22)7-4-3-5-8-16/h6,10,22H,2-5,7-9,11-13H2,1H3,(H,20,21)(H2,17,18,19). The highest BCUT2D eigenvalue weighted by Crippen LogP contribution is 2.38. The Morgan fingerprint density at radius 1 is 1.36 bits per heavy atom. The van der Waals surface area contributed by atoms with Crippen molar-refractivity contribution in [3.05, 3.63) is 18.0 Å². The highest BCUT2D eigenvalue weighted by molar-refractivity contribution is 5.79. The molecule has 2 rings (SSSR count). The van der Waals surface area contributed by atoms with E-state index in [0.717, 1.165) is 31.2 Å². The van der Waals surface area contributed by atoms with Crippen LogP contribution in [0.4, 0.5) is 0 Å². The lowest BCUT2D eigenvalue weighted by Gasteiger charge is -2.37. The molecule has 1 aliphatic carbocycles. The molecule has 1 fully saturated rings. The maximum Gasteiger partial charge on any atom is 0.191 e. The van der Waals surface area contributed by atoms with Crippen LogP contribution in [-0.4, -0.2) is 41.0 Å². The predicted molar refractivity (Wildman–Crippen MR) is 88.6 cm³/mol. The number of aliphatic hydroxyl groups excluding tert-OH is 1. The van der Waals surface area contributed by atoms with Gasteiger partial charge in [-0.15, -0.1) is 0 Å². The number of hydrogen-bond acceptors (Lipinski definition) is 3. The highest BCUT2D eigenvalue weighted by atomic mass is 16.3. The molecule has 0 radical (unpaired) electrons. The van der Waals surface area contributed by atoms with Crippen LogP contribution < -0.4 is 10.6 Å². The smallest absolute Gasteiger partial charge is 0.191 e. The molecule has 0 atom stereocenters. The number of H-pyrrole nitrogens is 1. The van der Waals surface area contributed by atoms with Crippen molar-refractivity contribution in [2.45, 2.75) is 52.0 Å². The largest absolute Gasteiger partial charge is 0.396 e. The van der Waals surface area contributed by atoms with Crippen LogP contribution in [0, 0.1) is 5.41 Å². The summed E-state index contributed by atoms with van der Waals surface area (Å²) in [5, 5.41) is 23.0. The van der Waals surface area contributed by atoms with Crippen LogP contribution >= 0.6 is 0 Å². The minimum Gasteiger partial charge on any atom is -0.396 e. The zero-order chi connectivity index (χ0) is 15.7. The van der Waals surface area contributed by atoms with Gasteiger partial charge in [-0.1, -0.05) is 19.3 Å². The molecule has 0 aliphatic heterocycles. The van der Waals surface area contributed by atoms with E-state index in [4.69, 9.17) is 0 Å². The van der Waals surface area contributed by atoms with Gasteiger partial charge in [0.15, 0.2) is 5.96 Å². The Hall–Kier alpha value is -1.56. The van der Waals surface area contributed by atoms with Crippen LogP contribution in [0.3, 0.4) is 0 Å². The molecule has 22 heavy (non-hydrogen) atoms. The zero-order valence-corrected chi connectivity index (χ0v) is 13.6. The van der Waals surface area contributed by atoms with Crippen molar-refractivity contribution in [2.75, 3.05) is 19.7 Å². The molecule has 0 amide bonds. The molecular formula is C16H29N5O. The van der Waals surface area contributed by atoms with Gasteiger partial charge in [0.2, 0.25) is 0 Å². The first-order valence-electron chi connectivity index (χ1n) is 8.39. The number of rotatable bonds is 7. The van der Waals surface area contributed by atoms with Crippen LogP contribution in [0.5, 0.6) is 0 Å². The van der Waals surface area contributed by atoms with Crippen molar-refractivity contribution in [3.63, 3.8) is 0 Å². The van der Waals surface area contributed by atoms with Crippen LogP contribution in [0.1, 0.15) is 51.1 Å². The SMILES string of the molecule is CCNC(=NCc1ccn[nH]1)NCC1(CCO)CCCCC1. The van der Waals surface area contributed by atoms with Crippen LogP contribution in [0.2, 0.25) is 0 Å². The van der Waals surface area contributed by atoms with Crippen molar-refractivity contribution in [3.8, 4) is 0 Å². The molecule has 4 N–H and O–H groups in total. The molecule has 0 unspecified atom stereocenters. The molecule has 0 spiro atoms. The second-order valence-electron chi connectivity index (χ2n) is 6.16. The van der Waals surface area contributed by atoms with Gasteiger partial charge in [0.05, 0.1) is 12.2 Å². The van der Waals surface area contributed by atoms with Gasteiger partial charge >= 0.3 is 0 Å². The monoisotopic (exact) mass is 307 g/mol. The van der Waals surface area contributed by atoms with Gasteiger partial charge in [-0.3, -0.25) is 5.10 Å². The summed E-state index contributed by atoms with van der Waals surface area (Å²) in [5.41, 5.74) is 1.22. The van der Waals surface area contributed by atoms with Gasteiger partial charge in [-0.25, -0.2) is 4.99 Å². The van der Waals surface area contributed by atoms with E-state index < -0.39 is 0 Å². The van der Waals surface area contributed by atoms with E-state index in [-0.39, 0.29) is 12.0 Å². The van der Waals surface area contributed by atoms with E-state index in [9.17, 15) is 5.11 Å². The summed E-state index contributed by atoms with van der Waals surface area (Å²) >= 11 is 0. The van der Waals surface area contributed by atoms with Crippen LogP contribution in [0.25, 0.3) is 0 Å². The number of guanidine groups is 1. The van der Waals surface area contributed by atoms with E-state index in [1.54, 1.807) is 6.20 Å².